The number of hydrogen-bond donors (Lipinski definition) is 0. The molecule has 3 aromatic heterocycles. The van der Waals surface area contributed by atoms with Gasteiger partial charge in [0.1, 0.15) is 5.65 Å². The first-order valence-corrected chi connectivity index (χ1v) is 8.61. The van der Waals surface area contributed by atoms with Crippen molar-refractivity contribution in [2.75, 3.05) is 0 Å². The number of pyridine rings is 2. The smallest absolute Gasteiger partial charge is 0.252 e. The lowest BCUT2D eigenvalue weighted by atomic mass is 10.1. The molecule has 0 bridgehead atoms. The van der Waals surface area contributed by atoms with Crippen LogP contribution in [-0.4, -0.2) is 19.3 Å². The molecule has 5 nitrogen and oxygen atoms in total. The highest BCUT2D eigenvalue weighted by molar-refractivity contribution is 5.83. The Bertz CT molecular complexity index is 1140. The summed E-state index contributed by atoms with van der Waals surface area (Å²) in [5.41, 5.74) is 5.58. The Morgan fingerprint density at radius 1 is 1.00 bits per heavy atom. The maximum Gasteiger partial charge on any atom is 0.252 e. The summed E-state index contributed by atoms with van der Waals surface area (Å²) in [4.78, 5) is 17.2. The molecule has 0 radical (unpaired) electrons. The van der Waals surface area contributed by atoms with Gasteiger partial charge in [-0.15, -0.1) is 0 Å². The maximum atomic E-state index is 12.8. The standard InChI is InChI=1S/C21H20N4O/c1-14-7-9-18(10-8-14)25-21-20(16(3)23-25)15(2)12-19(26)24(21)13-17-6-4-5-11-22-17/h4-12H,13H2,1-3H3. The highest BCUT2D eigenvalue weighted by Crippen LogP contribution is 2.24. The molecule has 5 heteroatoms. The molecule has 0 aliphatic heterocycles. The van der Waals surface area contributed by atoms with Gasteiger partial charge in [-0.2, -0.15) is 5.10 Å². The minimum Gasteiger partial charge on any atom is -0.286 e. The van der Waals surface area contributed by atoms with E-state index in [9.17, 15) is 4.79 Å². The van der Waals surface area contributed by atoms with E-state index in [2.05, 4.69) is 24.0 Å². The fraction of sp³-hybridized carbons (Fsp3) is 0.190. The van der Waals surface area contributed by atoms with Crippen LogP contribution in [0.2, 0.25) is 0 Å². The average molecular weight is 344 g/mol. The second kappa shape index (κ2) is 6.26. The van der Waals surface area contributed by atoms with Crippen LogP contribution in [0.5, 0.6) is 0 Å². The first-order valence-electron chi connectivity index (χ1n) is 8.61. The molecule has 0 saturated carbocycles. The van der Waals surface area contributed by atoms with Gasteiger partial charge in [-0.05, 0) is 50.6 Å². The topological polar surface area (TPSA) is 52.7 Å². The van der Waals surface area contributed by atoms with E-state index >= 15 is 0 Å². The molecule has 0 fully saturated rings. The molecular weight excluding hydrogens is 324 g/mol. The third-order valence-electron chi connectivity index (χ3n) is 4.62. The Morgan fingerprint density at radius 2 is 1.77 bits per heavy atom. The van der Waals surface area contributed by atoms with E-state index < -0.39 is 0 Å². The van der Waals surface area contributed by atoms with E-state index in [0.29, 0.717) is 6.54 Å². The molecule has 0 spiro atoms. The van der Waals surface area contributed by atoms with E-state index in [1.165, 1.54) is 5.56 Å². The van der Waals surface area contributed by atoms with Crippen LogP contribution in [0.3, 0.4) is 0 Å². The quantitative estimate of drug-likeness (QED) is 0.571. The van der Waals surface area contributed by atoms with Gasteiger partial charge in [0.2, 0.25) is 0 Å². The first kappa shape index (κ1) is 16.3. The van der Waals surface area contributed by atoms with Crippen molar-refractivity contribution in [2.45, 2.75) is 27.3 Å². The molecule has 130 valence electrons. The normalized spacial score (nSPS) is 11.2. The molecule has 0 saturated heterocycles. The molecule has 0 unspecified atom stereocenters. The lowest BCUT2D eigenvalue weighted by Crippen LogP contribution is -2.23. The van der Waals surface area contributed by atoms with E-state index in [4.69, 9.17) is 5.10 Å². The summed E-state index contributed by atoms with van der Waals surface area (Å²) < 4.78 is 3.62. The van der Waals surface area contributed by atoms with Crippen molar-refractivity contribution in [1.82, 2.24) is 19.3 Å². The van der Waals surface area contributed by atoms with Crippen LogP contribution >= 0.6 is 0 Å². The Labute approximate surface area is 151 Å². The van der Waals surface area contributed by atoms with Gasteiger partial charge >= 0.3 is 0 Å². The van der Waals surface area contributed by atoms with E-state index in [1.807, 2.05) is 48.9 Å². The SMILES string of the molecule is Cc1ccc(-n2nc(C)c3c(C)cc(=O)n(Cc4ccccn4)c32)cc1. The molecule has 0 aliphatic carbocycles. The monoisotopic (exact) mass is 344 g/mol. The van der Waals surface area contributed by atoms with Gasteiger partial charge in [0, 0.05) is 17.6 Å². The molecule has 0 N–H and O–H groups in total. The number of nitrogens with zero attached hydrogens (tertiary/aromatic N) is 4. The maximum absolute atomic E-state index is 12.8. The highest BCUT2D eigenvalue weighted by Gasteiger charge is 2.17. The van der Waals surface area contributed by atoms with Crippen LogP contribution in [0.1, 0.15) is 22.5 Å². The third-order valence-corrected chi connectivity index (χ3v) is 4.62. The minimum absolute atomic E-state index is 0.0473. The van der Waals surface area contributed by atoms with Gasteiger partial charge in [-0.1, -0.05) is 23.8 Å². The number of rotatable bonds is 3. The van der Waals surface area contributed by atoms with Gasteiger partial charge in [-0.3, -0.25) is 14.3 Å². The Balaban J connectivity index is 2.01. The van der Waals surface area contributed by atoms with Crippen LogP contribution in [0.4, 0.5) is 0 Å². The minimum atomic E-state index is -0.0473. The summed E-state index contributed by atoms with van der Waals surface area (Å²) >= 11 is 0. The second-order valence-electron chi connectivity index (χ2n) is 6.60. The number of aryl methyl sites for hydroxylation is 3. The molecule has 3 heterocycles. The van der Waals surface area contributed by atoms with E-state index in [0.717, 1.165) is 33.7 Å². The van der Waals surface area contributed by atoms with Crippen molar-refractivity contribution in [1.29, 1.82) is 0 Å². The summed E-state index contributed by atoms with van der Waals surface area (Å²) in [6, 6.07) is 15.6. The Kier molecular flexibility index (Phi) is 3.92. The van der Waals surface area contributed by atoms with Crippen LogP contribution in [0, 0.1) is 20.8 Å². The summed E-state index contributed by atoms with van der Waals surface area (Å²) in [6.45, 7) is 6.41. The van der Waals surface area contributed by atoms with Crippen molar-refractivity contribution in [3.8, 4) is 5.69 Å². The summed E-state index contributed by atoms with van der Waals surface area (Å²) in [6.07, 6.45) is 1.74. The zero-order valence-electron chi connectivity index (χ0n) is 15.1. The first-order chi connectivity index (χ1) is 12.5. The molecule has 0 aliphatic rings. The summed E-state index contributed by atoms with van der Waals surface area (Å²) in [5, 5.41) is 5.75. The zero-order chi connectivity index (χ0) is 18.3. The highest BCUT2D eigenvalue weighted by atomic mass is 16.1. The predicted molar refractivity (Wildman–Crippen MR) is 103 cm³/mol. The summed E-state index contributed by atoms with van der Waals surface area (Å²) in [7, 11) is 0. The number of aromatic nitrogens is 4. The van der Waals surface area contributed by atoms with Crippen molar-refractivity contribution in [3.63, 3.8) is 0 Å². The van der Waals surface area contributed by atoms with Gasteiger partial charge in [-0.25, -0.2) is 4.68 Å². The van der Waals surface area contributed by atoms with Crippen LogP contribution in [-0.2, 0) is 6.54 Å². The van der Waals surface area contributed by atoms with Gasteiger partial charge in [0.05, 0.1) is 23.6 Å². The molecule has 4 aromatic rings. The second-order valence-corrected chi connectivity index (χ2v) is 6.60. The average Bonchev–Trinajstić information content (AvgIpc) is 2.98. The van der Waals surface area contributed by atoms with Gasteiger partial charge in [0.25, 0.3) is 5.56 Å². The number of benzene rings is 1. The van der Waals surface area contributed by atoms with Gasteiger partial charge < -0.3 is 0 Å². The Hall–Kier alpha value is -3.21. The van der Waals surface area contributed by atoms with E-state index in [1.54, 1.807) is 16.8 Å². The van der Waals surface area contributed by atoms with E-state index in [-0.39, 0.29) is 5.56 Å². The number of fused-ring (bicyclic) bond motifs is 1. The molecule has 4 rings (SSSR count). The van der Waals surface area contributed by atoms with Crippen molar-refractivity contribution < 1.29 is 0 Å². The molecule has 0 amide bonds. The van der Waals surface area contributed by atoms with Crippen molar-refractivity contribution in [2.24, 2.45) is 0 Å². The predicted octanol–water partition coefficient (Wildman–Crippen LogP) is 3.56. The van der Waals surface area contributed by atoms with Crippen molar-refractivity contribution >= 4 is 11.0 Å². The lowest BCUT2D eigenvalue weighted by Gasteiger charge is -2.12. The van der Waals surface area contributed by atoms with Crippen molar-refractivity contribution in [3.05, 3.63) is 87.6 Å². The van der Waals surface area contributed by atoms with Gasteiger partial charge in [0.15, 0.2) is 0 Å². The lowest BCUT2D eigenvalue weighted by molar-refractivity contribution is 0.735. The fourth-order valence-electron chi connectivity index (χ4n) is 3.34. The molecule has 26 heavy (non-hydrogen) atoms. The summed E-state index contributed by atoms with van der Waals surface area (Å²) in [5.74, 6) is 0. The molecule has 1 aromatic carbocycles. The molecular formula is C21H20N4O. The van der Waals surface area contributed by atoms with Crippen LogP contribution < -0.4 is 5.56 Å². The largest absolute Gasteiger partial charge is 0.286 e. The zero-order valence-corrected chi connectivity index (χ0v) is 15.1. The van der Waals surface area contributed by atoms with Crippen LogP contribution in [0.15, 0.2) is 59.5 Å². The van der Waals surface area contributed by atoms with Crippen LogP contribution in [0.25, 0.3) is 16.7 Å². The third kappa shape index (κ3) is 2.71. The number of hydrogen-bond acceptors (Lipinski definition) is 3. The fourth-order valence-corrected chi connectivity index (χ4v) is 3.34. The molecule has 0 atom stereocenters. The Morgan fingerprint density at radius 3 is 2.46 bits per heavy atom.